The van der Waals surface area contributed by atoms with E-state index in [1.807, 2.05) is 37.3 Å². The minimum atomic E-state index is -0.219. The van der Waals surface area contributed by atoms with Crippen molar-refractivity contribution >= 4 is 29.8 Å². The Morgan fingerprint density at radius 2 is 1.83 bits per heavy atom. The first-order chi connectivity index (χ1) is 11.6. The van der Waals surface area contributed by atoms with E-state index in [0.717, 1.165) is 17.5 Å². The van der Waals surface area contributed by atoms with Crippen LogP contribution in [0, 0.1) is 0 Å². The summed E-state index contributed by atoms with van der Waals surface area (Å²) in [6.45, 7) is 3.38. The molecule has 0 bridgehead atoms. The molecule has 5 nitrogen and oxygen atoms in total. The summed E-state index contributed by atoms with van der Waals surface area (Å²) in [7, 11) is 0. The summed E-state index contributed by atoms with van der Waals surface area (Å²) >= 11 is 0. The van der Waals surface area contributed by atoms with Gasteiger partial charge in [0, 0.05) is 19.5 Å². The number of amides is 1. The van der Waals surface area contributed by atoms with Gasteiger partial charge in [0.05, 0.1) is 0 Å². The molecule has 24 heavy (non-hydrogen) atoms. The molecule has 2 aromatic rings. The highest BCUT2D eigenvalue weighted by molar-refractivity contribution is 5.88. The van der Waals surface area contributed by atoms with Gasteiger partial charge in [-0.25, -0.2) is 4.98 Å². The molecule has 0 saturated carbocycles. The molecule has 1 amide bonds. The number of pyridine rings is 1. The molecular formula is C19H20N2O3. The zero-order valence-electron chi connectivity index (χ0n) is 13.8. The Kier molecular flexibility index (Phi) is 6.25. The van der Waals surface area contributed by atoms with Gasteiger partial charge in [0.25, 0.3) is 0 Å². The third-order valence-electron chi connectivity index (χ3n) is 3.12. The van der Waals surface area contributed by atoms with Gasteiger partial charge in [0.15, 0.2) is 0 Å². The van der Waals surface area contributed by atoms with Crippen LogP contribution in [-0.2, 0) is 9.59 Å². The quantitative estimate of drug-likeness (QED) is 0.646. The third-order valence-corrected chi connectivity index (χ3v) is 3.12. The number of aromatic nitrogens is 1. The molecule has 124 valence electrons. The fourth-order valence-electron chi connectivity index (χ4n) is 2.03. The molecule has 0 radical (unpaired) electrons. The number of benzene rings is 1. The Bertz CT molecular complexity index is 737. The van der Waals surface area contributed by atoms with E-state index in [1.54, 1.807) is 24.4 Å². The van der Waals surface area contributed by atoms with E-state index in [-0.39, 0.29) is 11.9 Å². The first-order valence-electron chi connectivity index (χ1n) is 7.79. The summed E-state index contributed by atoms with van der Waals surface area (Å²) in [4.78, 5) is 26.6. The van der Waals surface area contributed by atoms with Gasteiger partial charge in [0.2, 0.25) is 5.91 Å². The Hall–Kier alpha value is -2.95. The summed E-state index contributed by atoms with van der Waals surface area (Å²) in [6.07, 6.45) is 6.68. The van der Waals surface area contributed by atoms with Crippen LogP contribution in [0.15, 0.2) is 42.6 Å². The molecule has 1 aromatic carbocycles. The first-order valence-corrected chi connectivity index (χ1v) is 7.79. The maximum absolute atomic E-state index is 11.4. The average Bonchev–Trinajstić information content (AvgIpc) is 2.54. The molecule has 5 heteroatoms. The Balaban J connectivity index is 2.01. The summed E-state index contributed by atoms with van der Waals surface area (Å²) in [6, 6.07) is 10.9. The largest absolute Gasteiger partial charge is 0.427 e. The SMILES string of the molecule is CCCC(=O)Oc1ccc(/C=C/c2ccnc(NC(C)=O)c2)cc1. The van der Waals surface area contributed by atoms with Gasteiger partial charge in [-0.05, 0) is 41.8 Å². The van der Waals surface area contributed by atoms with E-state index >= 15 is 0 Å². The van der Waals surface area contributed by atoms with E-state index in [0.29, 0.717) is 18.0 Å². The van der Waals surface area contributed by atoms with Crippen molar-refractivity contribution < 1.29 is 14.3 Å². The molecule has 0 spiro atoms. The van der Waals surface area contributed by atoms with Gasteiger partial charge in [-0.1, -0.05) is 31.2 Å². The fourth-order valence-corrected chi connectivity index (χ4v) is 2.03. The Morgan fingerprint density at radius 1 is 1.12 bits per heavy atom. The van der Waals surface area contributed by atoms with Crippen LogP contribution in [0.4, 0.5) is 5.82 Å². The van der Waals surface area contributed by atoms with Crippen molar-refractivity contribution in [2.45, 2.75) is 26.7 Å². The predicted molar refractivity (Wildman–Crippen MR) is 94.5 cm³/mol. The van der Waals surface area contributed by atoms with E-state index in [1.165, 1.54) is 6.92 Å². The van der Waals surface area contributed by atoms with Crippen LogP contribution < -0.4 is 10.1 Å². The number of nitrogens with zero attached hydrogens (tertiary/aromatic N) is 1. The maximum Gasteiger partial charge on any atom is 0.311 e. The minimum Gasteiger partial charge on any atom is -0.427 e. The summed E-state index contributed by atoms with van der Waals surface area (Å²) in [5.74, 6) is 0.685. The van der Waals surface area contributed by atoms with Gasteiger partial charge in [-0.3, -0.25) is 9.59 Å². The Labute approximate surface area is 141 Å². The number of hydrogen-bond donors (Lipinski definition) is 1. The zero-order chi connectivity index (χ0) is 17.4. The van der Waals surface area contributed by atoms with Crippen molar-refractivity contribution in [3.05, 3.63) is 53.7 Å². The molecule has 1 aromatic heterocycles. The average molecular weight is 324 g/mol. The van der Waals surface area contributed by atoms with Crippen LogP contribution in [0.5, 0.6) is 5.75 Å². The Morgan fingerprint density at radius 3 is 2.50 bits per heavy atom. The lowest BCUT2D eigenvalue weighted by Crippen LogP contribution is -2.07. The molecular weight excluding hydrogens is 304 g/mol. The lowest BCUT2D eigenvalue weighted by Gasteiger charge is -2.03. The molecule has 0 aliphatic carbocycles. The number of ether oxygens (including phenoxy) is 1. The number of carbonyl (C=O) groups is 2. The van der Waals surface area contributed by atoms with Crippen LogP contribution in [0.3, 0.4) is 0 Å². The highest BCUT2D eigenvalue weighted by Gasteiger charge is 2.02. The third kappa shape index (κ3) is 5.68. The molecule has 1 heterocycles. The molecule has 0 aliphatic rings. The van der Waals surface area contributed by atoms with Gasteiger partial charge in [-0.15, -0.1) is 0 Å². The van der Waals surface area contributed by atoms with Crippen molar-refractivity contribution in [3.8, 4) is 5.75 Å². The number of nitrogens with one attached hydrogen (secondary N) is 1. The smallest absolute Gasteiger partial charge is 0.311 e. The maximum atomic E-state index is 11.4. The fraction of sp³-hybridized carbons (Fsp3) is 0.211. The number of hydrogen-bond acceptors (Lipinski definition) is 4. The summed E-state index contributed by atoms with van der Waals surface area (Å²) in [5, 5.41) is 2.65. The van der Waals surface area contributed by atoms with Crippen molar-refractivity contribution in [1.82, 2.24) is 4.98 Å². The first kappa shape index (κ1) is 17.4. The normalized spacial score (nSPS) is 10.6. The summed E-state index contributed by atoms with van der Waals surface area (Å²) in [5.41, 5.74) is 1.90. The number of esters is 1. The monoisotopic (exact) mass is 324 g/mol. The predicted octanol–water partition coefficient (Wildman–Crippen LogP) is 3.92. The molecule has 0 fully saturated rings. The van der Waals surface area contributed by atoms with Gasteiger partial charge in [-0.2, -0.15) is 0 Å². The van der Waals surface area contributed by atoms with Crippen LogP contribution in [-0.4, -0.2) is 16.9 Å². The number of rotatable bonds is 6. The molecule has 0 unspecified atom stereocenters. The topological polar surface area (TPSA) is 68.3 Å². The van der Waals surface area contributed by atoms with Gasteiger partial charge >= 0.3 is 5.97 Å². The molecule has 1 N–H and O–H groups in total. The van der Waals surface area contributed by atoms with Crippen LogP contribution in [0.25, 0.3) is 12.2 Å². The molecule has 0 atom stereocenters. The van der Waals surface area contributed by atoms with E-state index in [2.05, 4.69) is 10.3 Å². The second-order valence-corrected chi connectivity index (χ2v) is 5.28. The van der Waals surface area contributed by atoms with E-state index in [4.69, 9.17) is 4.74 Å². The summed E-state index contributed by atoms with van der Waals surface area (Å²) < 4.78 is 5.21. The second-order valence-electron chi connectivity index (χ2n) is 5.28. The van der Waals surface area contributed by atoms with Crippen LogP contribution in [0.2, 0.25) is 0 Å². The minimum absolute atomic E-state index is 0.156. The van der Waals surface area contributed by atoms with E-state index < -0.39 is 0 Å². The van der Waals surface area contributed by atoms with Crippen LogP contribution >= 0.6 is 0 Å². The molecule has 0 aliphatic heterocycles. The van der Waals surface area contributed by atoms with Crippen molar-refractivity contribution in [2.75, 3.05) is 5.32 Å². The second kappa shape index (κ2) is 8.62. The molecule has 0 saturated heterocycles. The van der Waals surface area contributed by atoms with E-state index in [9.17, 15) is 9.59 Å². The highest BCUT2D eigenvalue weighted by atomic mass is 16.5. The lowest BCUT2D eigenvalue weighted by molar-refractivity contribution is -0.134. The van der Waals surface area contributed by atoms with Crippen molar-refractivity contribution in [1.29, 1.82) is 0 Å². The van der Waals surface area contributed by atoms with Crippen LogP contribution in [0.1, 0.15) is 37.8 Å². The standard InChI is InChI=1S/C19H20N2O3/c1-3-4-19(23)24-17-9-7-15(8-10-17)5-6-16-11-12-20-18(13-16)21-14(2)22/h5-13H,3-4H2,1-2H3,(H,20,21,22)/b6-5+. The highest BCUT2D eigenvalue weighted by Crippen LogP contribution is 2.16. The van der Waals surface area contributed by atoms with Crippen molar-refractivity contribution in [2.24, 2.45) is 0 Å². The zero-order valence-corrected chi connectivity index (χ0v) is 13.8. The van der Waals surface area contributed by atoms with Crippen molar-refractivity contribution in [3.63, 3.8) is 0 Å². The molecule has 2 rings (SSSR count). The number of anilines is 1. The lowest BCUT2D eigenvalue weighted by atomic mass is 10.1. The van der Waals surface area contributed by atoms with Gasteiger partial charge in [0.1, 0.15) is 11.6 Å². The van der Waals surface area contributed by atoms with Gasteiger partial charge < -0.3 is 10.1 Å². The number of carbonyl (C=O) groups excluding carboxylic acids is 2.